The lowest BCUT2D eigenvalue weighted by atomic mass is 10.0. The number of aliphatic carboxylic acids is 1. The number of carbonyl (C=O) groups is 4. The minimum absolute atomic E-state index is 0.0228. The van der Waals surface area contributed by atoms with Gasteiger partial charge in [0.05, 0.1) is 12.1 Å². The number of H-pyrrole nitrogens is 2. The van der Waals surface area contributed by atoms with Crippen molar-refractivity contribution in [3.8, 4) is 0 Å². The van der Waals surface area contributed by atoms with Crippen LogP contribution < -0.4 is 0 Å². The average molecular weight is 905 g/mol. The summed E-state index contributed by atoms with van der Waals surface area (Å²) in [6.45, 7) is 14.3. The van der Waals surface area contributed by atoms with Crippen molar-refractivity contribution in [1.29, 1.82) is 0 Å². The number of rotatable bonds is 13. The maximum Gasteiger partial charge on any atom is 0.410 e. The number of para-hydroxylation sites is 2. The zero-order chi connectivity index (χ0) is 47.9. The van der Waals surface area contributed by atoms with E-state index in [9.17, 15) is 19.2 Å². The quantitative estimate of drug-likeness (QED) is 0.0978. The van der Waals surface area contributed by atoms with Crippen LogP contribution in [0.4, 0.5) is 9.59 Å². The van der Waals surface area contributed by atoms with Gasteiger partial charge < -0.3 is 34.3 Å². The second-order valence-electron chi connectivity index (χ2n) is 19.4. The number of aromatic nitrogens is 2. The molecule has 0 bridgehead atoms. The SMILES string of the molecule is CC(C)(C)OC(=O)N(CCc1c[nH]c2ccccc12)C1CCc2cc(/C=C/C(=O)O)ccc21.CCC(=O)/C=C/c1ccc2c(c1)CCC2N(CCc1c[nH]c2ccccc12)C(=O)OC(C)(C)C. The number of benzene rings is 4. The van der Waals surface area contributed by atoms with Crippen LogP contribution in [0, 0.1) is 0 Å². The lowest BCUT2D eigenvalue weighted by Gasteiger charge is -2.32. The number of carboxylic acid groups (broad SMARTS) is 1. The highest BCUT2D eigenvalue weighted by atomic mass is 16.6. The van der Waals surface area contributed by atoms with Crippen LogP contribution in [0.2, 0.25) is 0 Å². The van der Waals surface area contributed by atoms with E-state index < -0.39 is 17.2 Å². The molecule has 0 aliphatic heterocycles. The molecule has 0 saturated carbocycles. The molecule has 0 fully saturated rings. The molecule has 350 valence electrons. The van der Waals surface area contributed by atoms with E-state index >= 15 is 0 Å². The van der Waals surface area contributed by atoms with E-state index in [4.69, 9.17) is 14.6 Å². The van der Waals surface area contributed by atoms with Crippen LogP contribution in [0.1, 0.15) is 124 Å². The van der Waals surface area contributed by atoms with E-state index in [0.29, 0.717) is 25.9 Å². The number of hydrogen-bond donors (Lipinski definition) is 3. The monoisotopic (exact) mass is 904 g/mol. The predicted octanol–water partition coefficient (Wildman–Crippen LogP) is 12.4. The lowest BCUT2D eigenvalue weighted by Crippen LogP contribution is -2.40. The maximum absolute atomic E-state index is 13.3. The summed E-state index contributed by atoms with van der Waals surface area (Å²) < 4.78 is 11.6. The van der Waals surface area contributed by atoms with Gasteiger partial charge in [-0.1, -0.05) is 85.8 Å². The van der Waals surface area contributed by atoms with E-state index in [-0.39, 0.29) is 30.1 Å². The number of aromatic amines is 2. The molecule has 6 aromatic rings. The molecule has 2 unspecified atom stereocenters. The summed E-state index contributed by atoms with van der Waals surface area (Å²) >= 11 is 0. The molecule has 2 atom stereocenters. The summed E-state index contributed by atoms with van der Waals surface area (Å²) in [5, 5.41) is 11.3. The third-order valence-corrected chi connectivity index (χ3v) is 12.3. The fourth-order valence-electron chi connectivity index (χ4n) is 9.11. The Kier molecular flexibility index (Phi) is 14.9. The molecule has 2 aromatic heterocycles. The number of carboxylic acids is 1. The summed E-state index contributed by atoms with van der Waals surface area (Å²) in [4.78, 5) is 59.4. The van der Waals surface area contributed by atoms with Gasteiger partial charge in [-0.3, -0.25) is 4.79 Å². The largest absolute Gasteiger partial charge is 0.478 e. The molecule has 8 rings (SSSR count). The molecule has 4 aromatic carbocycles. The second-order valence-corrected chi connectivity index (χ2v) is 19.4. The highest BCUT2D eigenvalue weighted by molar-refractivity contribution is 5.93. The molecule has 0 radical (unpaired) electrons. The van der Waals surface area contributed by atoms with E-state index in [2.05, 4.69) is 40.3 Å². The Balaban J connectivity index is 0.000000199. The third-order valence-electron chi connectivity index (χ3n) is 12.3. The highest BCUT2D eigenvalue weighted by Gasteiger charge is 2.35. The van der Waals surface area contributed by atoms with Crippen molar-refractivity contribution in [1.82, 2.24) is 19.8 Å². The first kappa shape index (κ1) is 48.1. The number of carbonyl (C=O) groups excluding carboxylic acids is 3. The van der Waals surface area contributed by atoms with Crippen LogP contribution in [0.3, 0.4) is 0 Å². The molecular formula is C56H64N4O7. The molecule has 2 amide bonds. The Morgan fingerprint density at radius 1 is 0.642 bits per heavy atom. The van der Waals surface area contributed by atoms with Crippen molar-refractivity contribution < 1.29 is 33.8 Å². The number of hydrogen-bond acceptors (Lipinski definition) is 6. The average Bonchev–Trinajstić information content (AvgIpc) is 4.10. The summed E-state index contributed by atoms with van der Waals surface area (Å²) in [6, 6.07) is 28.5. The van der Waals surface area contributed by atoms with Gasteiger partial charge in [0.2, 0.25) is 0 Å². The summed E-state index contributed by atoms with van der Waals surface area (Å²) in [5.41, 5.74) is 9.94. The number of nitrogens with one attached hydrogen (secondary N) is 2. The maximum atomic E-state index is 13.3. The first-order valence-corrected chi connectivity index (χ1v) is 23.4. The molecular weight excluding hydrogens is 841 g/mol. The number of ether oxygens (including phenoxy) is 2. The van der Waals surface area contributed by atoms with Gasteiger partial charge in [-0.05, 0) is 149 Å². The van der Waals surface area contributed by atoms with Gasteiger partial charge in [0.1, 0.15) is 11.2 Å². The molecule has 0 saturated heterocycles. The number of ketones is 1. The number of nitrogens with zero attached hydrogens (tertiary/aromatic N) is 2. The third kappa shape index (κ3) is 12.3. The number of fused-ring (bicyclic) bond motifs is 4. The van der Waals surface area contributed by atoms with Gasteiger partial charge in [-0.25, -0.2) is 14.4 Å². The normalized spacial score (nSPS) is 15.6. The van der Waals surface area contributed by atoms with Crippen molar-refractivity contribution in [3.05, 3.63) is 154 Å². The van der Waals surface area contributed by atoms with Gasteiger partial charge in [0, 0.05) is 59.8 Å². The van der Waals surface area contributed by atoms with Gasteiger partial charge >= 0.3 is 18.2 Å². The smallest absolute Gasteiger partial charge is 0.410 e. The molecule has 11 heteroatoms. The van der Waals surface area contributed by atoms with Crippen LogP contribution in [0.25, 0.3) is 34.0 Å². The second kappa shape index (κ2) is 20.7. The summed E-state index contributed by atoms with van der Waals surface area (Å²) in [7, 11) is 0. The molecule has 3 N–H and O–H groups in total. The van der Waals surface area contributed by atoms with Crippen LogP contribution in [-0.4, -0.2) is 73.1 Å². The fraction of sp³-hybridized carbons (Fsp3) is 0.357. The van der Waals surface area contributed by atoms with Crippen molar-refractivity contribution in [2.24, 2.45) is 0 Å². The minimum Gasteiger partial charge on any atom is -0.478 e. The Morgan fingerprint density at radius 3 is 1.49 bits per heavy atom. The Labute approximate surface area is 393 Å². The van der Waals surface area contributed by atoms with Crippen molar-refractivity contribution in [2.75, 3.05) is 13.1 Å². The first-order valence-electron chi connectivity index (χ1n) is 23.4. The zero-order valence-electron chi connectivity index (χ0n) is 39.9. The number of aryl methyl sites for hydroxylation is 2. The number of amides is 2. The Hall–Kier alpha value is -6.88. The molecule has 67 heavy (non-hydrogen) atoms. The summed E-state index contributed by atoms with van der Waals surface area (Å²) in [5.74, 6) is -0.853. The fourth-order valence-corrected chi connectivity index (χ4v) is 9.11. The Bertz CT molecular complexity index is 2800. The number of allylic oxidation sites excluding steroid dienone is 1. The molecule has 2 aliphatic rings. The van der Waals surface area contributed by atoms with Gasteiger partial charge in [0.15, 0.2) is 5.78 Å². The van der Waals surface area contributed by atoms with Crippen molar-refractivity contribution in [2.45, 2.75) is 117 Å². The topological polar surface area (TPSA) is 145 Å². The zero-order valence-corrected chi connectivity index (χ0v) is 39.9. The highest BCUT2D eigenvalue weighted by Crippen LogP contribution is 2.39. The lowest BCUT2D eigenvalue weighted by molar-refractivity contribution is -0.131. The Morgan fingerprint density at radius 2 is 1.07 bits per heavy atom. The van der Waals surface area contributed by atoms with E-state index in [1.807, 2.05) is 131 Å². The van der Waals surface area contributed by atoms with Gasteiger partial charge in [-0.15, -0.1) is 0 Å². The molecule has 0 spiro atoms. The van der Waals surface area contributed by atoms with Crippen molar-refractivity contribution in [3.63, 3.8) is 0 Å². The van der Waals surface area contributed by atoms with Crippen LogP contribution in [0.15, 0.2) is 109 Å². The van der Waals surface area contributed by atoms with Crippen LogP contribution in [0.5, 0.6) is 0 Å². The molecule has 2 aliphatic carbocycles. The summed E-state index contributed by atoms with van der Waals surface area (Å²) in [6.07, 6.45) is 15.1. The van der Waals surface area contributed by atoms with Crippen LogP contribution in [-0.2, 0) is 44.7 Å². The molecule has 11 nitrogen and oxygen atoms in total. The van der Waals surface area contributed by atoms with E-state index in [1.54, 1.807) is 12.2 Å². The van der Waals surface area contributed by atoms with Crippen LogP contribution >= 0.6 is 0 Å². The van der Waals surface area contributed by atoms with Gasteiger partial charge in [0.25, 0.3) is 0 Å². The van der Waals surface area contributed by atoms with E-state index in [0.717, 1.165) is 71.5 Å². The van der Waals surface area contributed by atoms with Crippen molar-refractivity contribution >= 4 is 57.9 Å². The predicted molar refractivity (Wildman–Crippen MR) is 266 cm³/mol. The van der Waals surface area contributed by atoms with Gasteiger partial charge in [-0.2, -0.15) is 0 Å². The molecule has 2 heterocycles. The first-order chi connectivity index (χ1) is 32.0. The standard InChI is InChI=1S/C29H34N2O3.C27H30N2O4/c1-5-23(32)13-10-20-11-14-25-21(18-20)12-15-27(25)31(28(33)34-29(2,3)4)17-16-22-19-30-26-9-7-6-8-24(22)26;1-27(2,3)33-26(32)29(15-14-20-17-28-23-7-5-4-6-21(20)23)24-12-10-19-16-18(8-11-22(19)24)9-13-25(30)31/h6-11,13-14,18-19,27,30H,5,12,15-17H2,1-4H3;4-9,11,13,16-17,24,28H,10,12,14-15H2,1-3H3,(H,30,31)/b13-10+;13-9+. The van der Waals surface area contributed by atoms with E-state index in [1.165, 1.54) is 33.0 Å². The minimum atomic E-state index is -0.971.